The van der Waals surface area contributed by atoms with Crippen LogP contribution in [0, 0.1) is 0 Å². The molecule has 1 aromatic rings. The first-order valence-electron chi connectivity index (χ1n) is 16.2. The van der Waals surface area contributed by atoms with Gasteiger partial charge in [-0.2, -0.15) is 0 Å². The van der Waals surface area contributed by atoms with Crippen LogP contribution in [0.1, 0.15) is 169 Å². The van der Waals surface area contributed by atoms with Crippen LogP contribution in [0.2, 0.25) is 0 Å². The second-order valence-electron chi connectivity index (χ2n) is 11.1. The van der Waals surface area contributed by atoms with Crippen molar-refractivity contribution < 1.29 is 61.6 Å². The van der Waals surface area contributed by atoms with E-state index in [9.17, 15) is 22.6 Å². The molecule has 0 aliphatic heterocycles. The average molecular weight is 619 g/mol. The Bertz CT molecular complexity index is 936. The van der Waals surface area contributed by atoms with Crippen LogP contribution in [-0.4, -0.2) is 37.0 Å². The van der Waals surface area contributed by atoms with E-state index in [1.165, 1.54) is 134 Å². The van der Waals surface area contributed by atoms with E-state index in [1.54, 1.807) is 6.07 Å². The van der Waals surface area contributed by atoms with E-state index in [-0.39, 0.29) is 53.7 Å². The largest absolute Gasteiger partial charge is 1.00 e. The van der Waals surface area contributed by atoms with Gasteiger partial charge < -0.3 is 14.0 Å². The fraction of sp³-hybridized carbons (Fsp3) is 0.758. The van der Waals surface area contributed by atoms with Gasteiger partial charge in [0.15, 0.2) is 5.44 Å². The number of rotatable bonds is 26. The Labute approximate surface area is 278 Å². The van der Waals surface area contributed by atoms with Crippen LogP contribution in [-0.2, 0) is 19.6 Å². The first-order valence-corrected chi connectivity index (χ1v) is 17.7. The van der Waals surface area contributed by atoms with E-state index in [4.69, 9.17) is 9.47 Å². The monoisotopic (exact) mass is 618 g/mol. The van der Waals surface area contributed by atoms with Crippen molar-refractivity contribution in [1.82, 2.24) is 0 Å². The maximum absolute atomic E-state index is 12.5. The van der Waals surface area contributed by atoms with Crippen molar-refractivity contribution in [3.8, 4) is 0 Å². The van der Waals surface area contributed by atoms with Gasteiger partial charge in [0.2, 0.25) is 0 Å². The molecule has 0 saturated heterocycles. The summed E-state index contributed by atoms with van der Waals surface area (Å²) in [5.74, 6) is -1.71. The number of carbonyl (C=O) groups is 2. The predicted octanol–water partition coefficient (Wildman–Crippen LogP) is 6.11. The number of benzene rings is 1. The zero-order valence-corrected chi connectivity index (χ0v) is 29.5. The third-order valence-electron chi connectivity index (χ3n) is 7.49. The molecular weight excluding hydrogens is 563 g/mol. The number of esters is 2. The molecule has 9 heteroatoms. The van der Waals surface area contributed by atoms with Crippen molar-refractivity contribution in [2.75, 3.05) is 6.61 Å². The summed E-state index contributed by atoms with van der Waals surface area (Å²) in [7, 11) is -4.80. The zero-order chi connectivity index (χ0) is 30.2. The topological polar surface area (TPSA) is 110 Å². The Morgan fingerprint density at radius 3 is 1.36 bits per heavy atom. The van der Waals surface area contributed by atoms with Gasteiger partial charge in [0, 0.05) is 0 Å². The average Bonchev–Trinajstić information content (AvgIpc) is 2.95. The van der Waals surface area contributed by atoms with E-state index in [1.807, 2.05) is 0 Å². The van der Waals surface area contributed by atoms with Gasteiger partial charge in [0.1, 0.15) is 10.1 Å². The van der Waals surface area contributed by atoms with E-state index in [0.717, 1.165) is 19.3 Å². The number of hydrogen-bond donors (Lipinski definition) is 0. The van der Waals surface area contributed by atoms with Crippen molar-refractivity contribution in [2.24, 2.45) is 0 Å². The second-order valence-corrected chi connectivity index (χ2v) is 12.6. The molecule has 236 valence electrons. The van der Waals surface area contributed by atoms with Crippen LogP contribution < -0.4 is 29.6 Å². The van der Waals surface area contributed by atoms with Crippen molar-refractivity contribution in [3.63, 3.8) is 0 Å². The molecule has 1 aromatic carbocycles. The minimum atomic E-state index is -4.80. The predicted molar refractivity (Wildman–Crippen MR) is 164 cm³/mol. The molecule has 0 radical (unpaired) electrons. The normalized spacial score (nSPS) is 12.0. The quantitative estimate of drug-likeness (QED) is 0.0533. The second kappa shape index (κ2) is 26.5. The molecule has 1 unspecified atom stereocenters. The summed E-state index contributed by atoms with van der Waals surface area (Å²) in [5, 5.41) is 0. The molecule has 1 atom stereocenters. The van der Waals surface area contributed by atoms with Gasteiger partial charge in [-0.25, -0.2) is 18.0 Å². The fourth-order valence-corrected chi connectivity index (χ4v) is 5.58. The van der Waals surface area contributed by atoms with Gasteiger partial charge in [-0.1, -0.05) is 148 Å². The van der Waals surface area contributed by atoms with E-state index < -0.39 is 27.5 Å². The zero-order valence-electron chi connectivity index (χ0n) is 26.7. The van der Waals surface area contributed by atoms with Crippen LogP contribution >= 0.6 is 0 Å². The van der Waals surface area contributed by atoms with Gasteiger partial charge in [0.05, 0.1) is 17.7 Å². The number of hydrogen-bond acceptors (Lipinski definition) is 7. The summed E-state index contributed by atoms with van der Waals surface area (Å²) in [6, 6.07) is 5.87. The third kappa shape index (κ3) is 20.1. The summed E-state index contributed by atoms with van der Waals surface area (Å²) in [4.78, 5) is 24.9. The first-order chi connectivity index (χ1) is 19.8. The molecule has 0 heterocycles. The molecule has 0 aliphatic carbocycles. The Morgan fingerprint density at radius 1 is 0.643 bits per heavy atom. The number of carbonyl (C=O) groups excluding carboxylic acids is 2. The van der Waals surface area contributed by atoms with Crippen LogP contribution in [0.5, 0.6) is 0 Å². The van der Waals surface area contributed by atoms with Crippen LogP contribution in [0.3, 0.4) is 0 Å². The molecule has 0 aromatic heterocycles. The summed E-state index contributed by atoms with van der Waals surface area (Å²) < 4.78 is 43.9. The van der Waals surface area contributed by atoms with E-state index in [0.29, 0.717) is 0 Å². The summed E-state index contributed by atoms with van der Waals surface area (Å²) >= 11 is 0. The molecule has 0 amide bonds. The van der Waals surface area contributed by atoms with Crippen LogP contribution in [0.25, 0.3) is 0 Å². The SMILES string of the molecule is CCCCCCCCCCCCCCCCCCCCCCOC(=O)c1ccccc1C(=O)OC(CC)S(=O)(=O)[O-].[Na+]. The van der Waals surface area contributed by atoms with Crippen molar-refractivity contribution >= 4 is 22.1 Å². The molecule has 42 heavy (non-hydrogen) atoms. The Balaban J connectivity index is 0.0000168. The fourth-order valence-electron chi connectivity index (χ4n) is 4.97. The Kier molecular flexibility index (Phi) is 25.9. The molecule has 0 spiro atoms. The molecule has 0 bridgehead atoms. The van der Waals surface area contributed by atoms with Gasteiger partial charge >= 0.3 is 41.5 Å². The van der Waals surface area contributed by atoms with Crippen molar-refractivity contribution in [3.05, 3.63) is 35.4 Å². The molecule has 1 rings (SSSR count). The Hall–Kier alpha value is -0.930. The Morgan fingerprint density at radius 2 is 1.00 bits per heavy atom. The minimum absolute atomic E-state index is 0. The molecule has 0 fully saturated rings. The van der Waals surface area contributed by atoms with Gasteiger partial charge in [-0.3, -0.25) is 0 Å². The van der Waals surface area contributed by atoms with Crippen molar-refractivity contribution in [1.29, 1.82) is 0 Å². The van der Waals surface area contributed by atoms with Crippen molar-refractivity contribution in [2.45, 2.75) is 154 Å². The number of unbranched alkanes of at least 4 members (excludes halogenated alkanes) is 19. The smallest absolute Gasteiger partial charge is 0.745 e. The first kappa shape index (κ1) is 41.1. The molecule has 0 aliphatic rings. The molecule has 7 nitrogen and oxygen atoms in total. The molecular formula is C33H55NaO7S. The third-order valence-corrected chi connectivity index (χ3v) is 8.57. The summed E-state index contributed by atoms with van der Waals surface area (Å²) in [6.07, 6.45) is 25.8. The molecule has 0 N–H and O–H groups in total. The van der Waals surface area contributed by atoms with Gasteiger partial charge in [-0.05, 0) is 25.0 Å². The summed E-state index contributed by atoms with van der Waals surface area (Å²) in [6.45, 7) is 3.94. The van der Waals surface area contributed by atoms with Gasteiger partial charge in [-0.15, -0.1) is 0 Å². The standard InChI is InChI=1S/C33H56O7S.Na/c1-3-5-6-7-8-9-10-11-12-13-14-15-16-17-18-19-20-21-22-25-28-39-32(34)29-26-23-24-27-30(29)33(35)40-31(4-2)41(36,37)38;/h23-24,26-27,31H,3-22,25,28H2,1-2H3,(H,36,37,38);/q;+1/p-1. The van der Waals surface area contributed by atoms with Crippen LogP contribution in [0.4, 0.5) is 0 Å². The van der Waals surface area contributed by atoms with E-state index in [2.05, 4.69) is 6.92 Å². The minimum Gasteiger partial charge on any atom is -0.745 e. The maximum Gasteiger partial charge on any atom is 1.00 e. The van der Waals surface area contributed by atoms with Crippen LogP contribution in [0.15, 0.2) is 24.3 Å². The van der Waals surface area contributed by atoms with E-state index >= 15 is 0 Å². The maximum atomic E-state index is 12.5. The summed E-state index contributed by atoms with van der Waals surface area (Å²) in [5.41, 5.74) is -1.93. The van der Waals surface area contributed by atoms with Gasteiger partial charge in [0.25, 0.3) is 0 Å². The number of ether oxygens (including phenoxy) is 2. The molecule has 0 saturated carbocycles.